The highest BCUT2D eigenvalue weighted by Crippen LogP contribution is 2.37. The maximum Gasteiger partial charge on any atom is 0.353 e. The van der Waals surface area contributed by atoms with Crippen LogP contribution in [0.15, 0.2) is 42.7 Å². The number of rotatable bonds is 5. The second-order valence-electron chi connectivity index (χ2n) is 6.24. The average Bonchev–Trinajstić information content (AvgIpc) is 3.13. The Labute approximate surface area is 160 Å². The molecule has 0 atom stereocenters. The molecule has 0 aliphatic carbocycles. The molecule has 1 aromatic heterocycles. The number of nitrogens with one attached hydrogen (secondary N) is 2. The van der Waals surface area contributed by atoms with Gasteiger partial charge >= 0.3 is 5.69 Å². The van der Waals surface area contributed by atoms with Crippen LogP contribution in [-0.2, 0) is 0 Å². The lowest BCUT2D eigenvalue weighted by Crippen LogP contribution is -2.06. The molecule has 1 aliphatic rings. The van der Waals surface area contributed by atoms with E-state index in [9.17, 15) is 10.1 Å². The number of nitrogens with zero attached hydrogens (tertiary/aromatic N) is 3. The van der Waals surface area contributed by atoms with Gasteiger partial charge in [-0.3, -0.25) is 10.1 Å². The van der Waals surface area contributed by atoms with Crippen molar-refractivity contribution in [1.82, 2.24) is 9.97 Å². The monoisotopic (exact) mass is 379 g/mol. The first-order valence-electron chi connectivity index (χ1n) is 8.52. The van der Waals surface area contributed by atoms with Crippen LogP contribution in [0.2, 0.25) is 0 Å². The van der Waals surface area contributed by atoms with Crippen molar-refractivity contribution in [3.05, 3.63) is 64.0 Å². The fraction of sp³-hybridized carbons (Fsp3) is 0.158. The first-order chi connectivity index (χ1) is 13.5. The molecule has 4 rings (SSSR count). The highest BCUT2D eigenvalue weighted by Gasteiger charge is 2.24. The SMILES string of the molecule is Cc1cccc(Nc2ncnc(Nc3ccc4c(c3)OCO4)c2[N+](=O)[O-])c1C. The van der Waals surface area contributed by atoms with Gasteiger partial charge in [0.05, 0.1) is 4.92 Å². The summed E-state index contributed by atoms with van der Waals surface area (Å²) in [7, 11) is 0. The number of fused-ring (bicyclic) bond motifs is 1. The number of ether oxygens (including phenoxy) is 2. The molecule has 1 aliphatic heterocycles. The highest BCUT2D eigenvalue weighted by molar-refractivity contribution is 5.78. The topological polar surface area (TPSA) is 111 Å². The fourth-order valence-corrected chi connectivity index (χ4v) is 2.86. The Morgan fingerprint density at radius 3 is 2.57 bits per heavy atom. The number of nitro groups is 1. The predicted octanol–water partition coefficient (Wildman–Crippen LogP) is 4.22. The van der Waals surface area contributed by atoms with E-state index in [2.05, 4.69) is 20.6 Å². The average molecular weight is 379 g/mol. The minimum absolute atomic E-state index is 0.0756. The fourth-order valence-electron chi connectivity index (χ4n) is 2.86. The molecule has 3 aromatic rings. The van der Waals surface area contributed by atoms with Crippen LogP contribution < -0.4 is 20.1 Å². The third kappa shape index (κ3) is 3.25. The molecule has 0 spiro atoms. The Bertz CT molecular complexity index is 1070. The van der Waals surface area contributed by atoms with Crippen LogP contribution in [0.1, 0.15) is 11.1 Å². The summed E-state index contributed by atoms with van der Waals surface area (Å²) in [5, 5.41) is 17.8. The zero-order valence-corrected chi connectivity index (χ0v) is 15.2. The quantitative estimate of drug-likeness (QED) is 0.501. The molecule has 9 heteroatoms. The summed E-state index contributed by atoms with van der Waals surface area (Å²) in [5.74, 6) is 1.37. The van der Waals surface area contributed by atoms with E-state index in [1.165, 1.54) is 6.33 Å². The number of hydrogen-bond acceptors (Lipinski definition) is 8. The Hall–Kier alpha value is -3.88. The third-order valence-electron chi connectivity index (χ3n) is 4.50. The molecule has 2 N–H and O–H groups in total. The minimum atomic E-state index is -0.511. The molecule has 0 bridgehead atoms. The molecule has 2 aromatic carbocycles. The van der Waals surface area contributed by atoms with Gasteiger partial charge in [0, 0.05) is 17.4 Å². The molecule has 0 unspecified atom stereocenters. The van der Waals surface area contributed by atoms with Gasteiger partial charge in [0.25, 0.3) is 0 Å². The standard InChI is InChI=1S/C19H17N5O4/c1-11-4-3-5-14(12(11)2)23-19-17(24(25)26)18(20-9-21-19)22-13-6-7-15-16(8-13)28-10-27-15/h3-9H,10H2,1-2H3,(H2,20,21,22,23). The maximum absolute atomic E-state index is 11.8. The van der Waals surface area contributed by atoms with Gasteiger partial charge in [0.1, 0.15) is 6.33 Å². The van der Waals surface area contributed by atoms with Crippen molar-refractivity contribution in [2.45, 2.75) is 13.8 Å². The summed E-state index contributed by atoms with van der Waals surface area (Å²) in [6.45, 7) is 4.06. The van der Waals surface area contributed by atoms with Crippen molar-refractivity contribution in [1.29, 1.82) is 0 Å². The van der Waals surface area contributed by atoms with Crippen molar-refractivity contribution in [2.75, 3.05) is 17.4 Å². The molecule has 0 radical (unpaired) electrons. The van der Waals surface area contributed by atoms with E-state index in [1.54, 1.807) is 18.2 Å². The molecule has 0 amide bonds. The Morgan fingerprint density at radius 1 is 1.04 bits per heavy atom. The van der Waals surface area contributed by atoms with Crippen LogP contribution in [0.3, 0.4) is 0 Å². The van der Waals surface area contributed by atoms with E-state index in [4.69, 9.17) is 9.47 Å². The molecule has 2 heterocycles. The van der Waals surface area contributed by atoms with Crippen molar-refractivity contribution in [2.24, 2.45) is 0 Å². The molecule has 9 nitrogen and oxygen atoms in total. The first kappa shape index (κ1) is 17.5. The summed E-state index contributed by atoms with van der Waals surface area (Å²) in [4.78, 5) is 19.4. The molecule has 28 heavy (non-hydrogen) atoms. The Balaban J connectivity index is 1.69. The van der Waals surface area contributed by atoms with Crippen LogP contribution in [0.5, 0.6) is 11.5 Å². The van der Waals surface area contributed by atoms with Gasteiger partial charge in [-0.2, -0.15) is 0 Å². The van der Waals surface area contributed by atoms with Gasteiger partial charge in [-0.25, -0.2) is 9.97 Å². The van der Waals surface area contributed by atoms with Gasteiger partial charge in [-0.05, 0) is 43.2 Å². The largest absolute Gasteiger partial charge is 0.454 e. The highest BCUT2D eigenvalue weighted by atomic mass is 16.7. The summed E-state index contributed by atoms with van der Waals surface area (Å²) >= 11 is 0. The number of hydrogen-bond donors (Lipinski definition) is 2. The number of aryl methyl sites for hydroxylation is 1. The normalized spacial score (nSPS) is 11.9. The van der Waals surface area contributed by atoms with Crippen LogP contribution in [-0.4, -0.2) is 21.7 Å². The van der Waals surface area contributed by atoms with Crippen LogP contribution in [0.4, 0.5) is 28.7 Å². The summed E-state index contributed by atoms with van der Waals surface area (Å²) < 4.78 is 10.6. The van der Waals surface area contributed by atoms with E-state index < -0.39 is 4.92 Å². The van der Waals surface area contributed by atoms with Gasteiger partial charge in [-0.15, -0.1) is 0 Å². The first-order valence-corrected chi connectivity index (χ1v) is 8.52. The smallest absolute Gasteiger partial charge is 0.353 e. The van der Waals surface area contributed by atoms with Gasteiger partial charge in [0.2, 0.25) is 18.4 Å². The van der Waals surface area contributed by atoms with E-state index in [0.717, 1.165) is 16.8 Å². The van der Waals surface area contributed by atoms with Crippen LogP contribution in [0, 0.1) is 24.0 Å². The molecule has 0 saturated carbocycles. The maximum atomic E-state index is 11.8. The van der Waals surface area contributed by atoms with E-state index in [-0.39, 0.29) is 24.1 Å². The second-order valence-corrected chi connectivity index (χ2v) is 6.24. The number of benzene rings is 2. The molecule has 0 fully saturated rings. The van der Waals surface area contributed by atoms with Crippen molar-refractivity contribution in [3.8, 4) is 11.5 Å². The second kappa shape index (κ2) is 7.03. The molecular weight excluding hydrogens is 362 g/mol. The van der Waals surface area contributed by atoms with Gasteiger partial charge in [0.15, 0.2) is 11.5 Å². The van der Waals surface area contributed by atoms with Crippen molar-refractivity contribution < 1.29 is 14.4 Å². The third-order valence-corrected chi connectivity index (χ3v) is 4.50. The predicted molar refractivity (Wildman–Crippen MR) is 104 cm³/mol. The van der Waals surface area contributed by atoms with Crippen LogP contribution in [0.25, 0.3) is 0 Å². The van der Waals surface area contributed by atoms with Crippen molar-refractivity contribution >= 4 is 28.7 Å². The number of aromatic nitrogens is 2. The number of anilines is 4. The Kier molecular flexibility index (Phi) is 4.40. The van der Waals surface area contributed by atoms with Crippen LogP contribution >= 0.6 is 0 Å². The van der Waals surface area contributed by atoms with E-state index >= 15 is 0 Å². The van der Waals surface area contributed by atoms with Gasteiger partial charge in [-0.1, -0.05) is 12.1 Å². The Morgan fingerprint density at radius 2 is 1.79 bits per heavy atom. The summed E-state index contributed by atoms with van der Waals surface area (Å²) in [6.07, 6.45) is 1.27. The van der Waals surface area contributed by atoms with E-state index in [0.29, 0.717) is 17.2 Å². The summed E-state index contributed by atoms with van der Waals surface area (Å²) in [6, 6.07) is 10.9. The molecular formula is C19H17N5O4. The molecule has 142 valence electrons. The molecule has 0 saturated heterocycles. The lowest BCUT2D eigenvalue weighted by Gasteiger charge is -2.13. The minimum Gasteiger partial charge on any atom is -0.454 e. The zero-order chi connectivity index (χ0) is 19.7. The lowest BCUT2D eigenvalue weighted by molar-refractivity contribution is -0.383. The lowest BCUT2D eigenvalue weighted by atomic mass is 10.1. The zero-order valence-electron chi connectivity index (χ0n) is 15.2. The summed E-state index contributed by atoms with van der Waals surface area (Å²) in [5.41, 5.74) is 3.14. The van der Waals surface area contributed by atoms with Gasteiger partial charge < -0.3 is 20.1 Å². The van der Waals surface area contributed by atoms with Crippen molar-refractivity contribution in [3.63, 3.8) is 0 Å². The van der Waals surface area contributed by atoms with E-state index in [1.807, 2.05) is 32.0 Å².